The summed E-state index contributed by atoms with van der Waals surface area (Å²) in [5.41, 5.74) is 1.20. The molecule has 0 saturated heterocycles. The molecule has 0 radical (unpaired) electrons. The van der Waals surface area contributed by atoms with Crippen LogP contribution in [0.25, 0.3) is 0 Å². The largest absolute Gasteiger partial charge is 0.354 e. The molecular weight excluding hydrogens is 522 g/mol. The van der Waals surface area contributed by atoms with Gasteiger partial charge in [0.05, 0.1) is 15.6 Å². The van der Waals surface area contributed by atoms with E-state index in [1.54, 1.807) is 42.5 Å². The number of hydrogen-bond acceptors (Lipinski definition) is 4. The zero-order valence-corrected chi connectivity index (χ0v) is 23.3. The Hall–Kier alpha value is -3.36. The lowest BCUT2D eigenvalue weighted by atomic mass is 10.1. The topological polar surface area (TPSA) is 86.8 Å². The highest BCUT2D eigenvalue weighted by Gasteiger charge is 2.34. The van der Waals surface area contributed by atoms with E-state index < -0.39 is 28.5 Å². The summed E-state index contributed by atoms with van der Waals surface area (Å²) in [7, 11) is -4.14. The van der Waals surface area contributed by atoms with Crippen molar-refractivity contribution in [3.05, 3.63) is 95.5 Å². The third-order valence-electron chi connectivity index (χ3n) is 6.15. The zero-order valence-electron chi connectivity index (χ0n) is 21.7. The van der Waals surface area contributed by atoms with Gasteiger partial charge < -0.3 is 10.2 Å². The number of nitrogens with one attached hydrogen (secondary N) is 1. The van der Waals surface area contributed by atoms with Crippen LogP contribution in [0.1, 0.15) is 32.3 Å². The van der Waals surface area contributed by atoms with Gasteiger partial charge in [0.15, 0.2) is 0 Å². The first-order chi connectivity index (χ1) is 18.3. The van der Waals surface area contributed by atoms with Crippen molar-refractivity contribution in [2.75, 3.05) is 23.9 Å². The first kappa shape index (κ1) is 29.2. The van der Waals surface area contributed by atoms with Crippen molar-refractivity contribution >= 4 is 39.1 Å². The Balaban J connectivity index is 1.99. The minimum absolute atomic E-state index is 0.0382. The van der Waals surface area contributed by atoms with Crippen molar-refractivity contribution in [3.8, 4) is 0 Å². The van der Waals surface area contributed by atoms with Crippen molar-refractivity contribution in [2.45, 2.75) is 44.0 Å². The fourth-order valence-corrected chi connectivity index (χ4v) is 5.89. The van der Waals surface area contributed by atoms with Crippen LogP contribution in [0.2, 0.25) is 5.02 Å². The van der Waals surface area contributed by atoms with E-state index in [1.807, 2.05) is 44.2 Å². The quantitative estimate of drug-likeness (QED) is 0.324. The Morgan fingerprint density at radius 2 is 1.50 bits per heavy atom. The Morgan fingerprint density at radius 3 is 2.11 bits per heavy atom. The number of nitrogens with zero attached hydrogens (tertiary/aromatic N) is 2. The van der Waals surface area contributed by atoms with Crippen LogP contribution in [0, 0.1) is 0 Å². The molecule has 3 aromatic carbocycles. The van der Waals surface area contributed by atoms with Gasteiger partial charge in [0, 0.05) is 13.1 Å². The number of amides is 2. The second-order valence-corrected chi connectivity index (χ2v) is 11.1. The number of benzene rings is 3. The van der Waals surface area contributed by atoms with Crippen LogP contribution < -0.4 is 9.62 Å². The van der Waals surface area contributed by atoms with Crippen LogP contribution in [0.4, 0.5) is 5.69 Å². The second-order valence-electron chi connectivity index (χ2n) is 8.81. The van der Waals surface area contributed by atoms with Crippen molar-refractivity contribution in [3.63, 3.8) is 0 Å². The van der Waals surface area contributed by atoms with E-state index in [9.17, 15) is 18.0 Å². The molecule has 0 aromatic heterocycles. The van der Waals surface area contributed by atoms with E-state index in [-0.39, 0.29) is 28.1 Å². The smallest absolute Gasteiger partial charge is 0.264 e. The maximum atomic E-state index is 13.9. The lowest BCUT2D eigenvalue weighted by molar-refractivity contribution is -0.139. The molecule has 0 saturated carbocycles. The number of hydrogen-bond donors (Lipinski definition) is 1. The summed E-state index contributed by atoms with van der Waals surface area (Å²) >= 11 is 6.42. The maximum Gasteiger partial charge on any atom is 0.264 e. The molecular formula is C29H34ClN3O4S. The summed E-state index contributed by atoms with van der Waals surface area (Å²) in [4.78, 5) is 28.5. The molecule has 0 fully saturated rings. The molecule has 0 aliphatic heterocycles. The third-order valence-corrected chi connectivity index (χ3v) is 8.24. The Morgan fingerprint density at radius 1 is 0.895 bits per heavy atom. The first-order valence-electron chi connectivity index (χ1n) is 12.7. The average molecular weight is 556 g/mol. The van der Waals surface area contributed by atoms with Crippen molar-refractivity contribution in [1.29, 1.82) is 0 Å². The standard InChI is InChI=1S/C29H34ClN3O4S/c1-3-20-31-29(35)26(4-2)32(21-19-23-13-7-5-8-14-23)28(34)22-33(27-18-12-11-17-25(27)30)38(36,37)24-15-9-6-10-16-24/h5-18,26H,3-4,19-22H2,1-2H3,(H,31,35)/t26-/m0/s1. The molecule has 3 rings (SSSR count). The van der Waals surface area contributed by atoms with Gasteiger partial charge in [-0.1, -0.05) is 86.1 Å². The molecule has 0 aliphatic rings. The summed E-state index contributed by atoms with van der Waals surface area (Å²) in [6.07, 6.45) is 1.66. The Kier molecular flexibility index (Phi) is 10.7. The van der Waals surface area contributed by atoms with Crippen LogP contribution in [-0.4, -0.2) is 50.8 Å². The SMILES string of the molecule is CCCNC(=O)[C@H](CC)N(CCc1ccccc1)C(=O)CN(c1ccccc1Cl)S(=O)(=O)c1ccccc1. The summed E-state index contributed by atoms with van der Waals surface area (Å²) in [5, 5.41) is 3.08. The molecule has 1 atom stereocenters. The maximum absolute atomic E-state index is 13.9. The Bertz CT molecular complexity index is 1300. The van der Waals surface area contributed by atoms with Crippen LogP contribution in [-0.2, 0) is 26.0 Å². The Labute approximate surface area is 230 Å². The molecule has 38 heavy (non-hydrogen) atoms. The minimum Gasteiger partial charge on any atom is -0.354 e. The number of anilines is 1. The van der Waals surface area contributed by atoms with E-state index in [2.05, 4.69) is 5.32 Å². The second kappa shape index (κ2) is 14.0. The summed E-state index contributed by atoms with van der Waals surface area (Å²) in [6.45, 7) is 4.03. The molecule has 3 aromatic rings. The molecule has 0 heterocycles. The number of sulfonamides is 1. The van der Waals surface area contributed by atoms with Gasteiger partial charge in [0.25, 0.3) is 10.0 Å². The number of halogens is 1. The van der Waals surface area contributed by atoms with Crippen LogP contribution in [0.5, 0.6) is 0 Å². The predicted molar refractivity (Wildman–Crippen MR) is 152 cm³/mol. The van der Waals surface area contributed by atoms with Crippen molar-refractivity contribution in [1.82, 2.24) is 10.2 Å². The van der Waals surface area contributed by atoms with E-state index in [4.69, 9.17) is 11.6 Å². The van der Waals surface area contributed by atoms with Gasteiger partial charge in [-0.15, -0.1) is 0 Å². The lowest BCUT2D eigenvalue weighted by Gasteiger charge is -2.33. The molecule has 1 N–H and O–H groups in total. The van der Waals surface area contributed by atoms with E-state index in [1.165, 1.54) is 17.0 Å². The van der Waals surface area contributed by atoms with Gasteiger partial charge in [-0.2, -0.15) is 0 Å². The van der Waals surface area contributed by atoms with Crippen LogP contribution in [0.15, 0.2) is 89.8 Å². The molecule has 0 unspecified atom stereocenters. The van der Waals surface area contributed by atoms with Gasteiger partial charge in [0.1, 0.15) is 12.6 Å². The number of carbonyl (C=O) groups is 2. The van der Waals surface area contributed by atoms with Gasteiger partial charge >= 0.3 is 0 Å². The van der Waals surface area contributed by atoms with E-state index >= 15 is 0 Å². The molecule has 9 heteroatoms. The lowest BCUT2D eigenvalue weighted by Crippen LogP contribution is -2.53. The number of rotatable bonds is 13. The molecule has 7 nitrogen and oxygen atoms in total. The minimum atomic E-state index is -4.14. The average Bonchev–Trinajstić information content (AvgIpc) is 2.94. The summed E-state index contributed by atoms with van der Waals surface area (Å²) in [5.74, 6) is -0.746. The molecule has 0 aliphatic carbocycles. The zero-order chi connectivity index (χ0) is 27.5. The van der Waals surface area contributed by atoms with E-state index in [0.29, 0.717) is 19.4 Å². The normalized spacial score (nSPS) is 12.0. The molecule has 202 valence electrons. The summed E-state index contributed by atoms with van der Waals surface area (Å²) < 4.78 is 28.5. The van der Waals surface area contributed by atoms with Crippen molar-refractivity contribution in [2.24, 2.45) is 0 Å². The predicted octanol–water partition coefficient (Wildman–Crippen LogP) is 4.91. The third kappa shape index (κ3) is 7.36. The van der Waals surface area contributed by atoms with Gasteiger partial charge in [-0.25, -0.2) is 8.42 Å². The summed E-state index contributed by atoms with van der Waals surface area (Å²) in [6, 6.07) is 23.3. The van der Waals surface area contributed by atoms with Gasteiger partial charge in [-0.3, -0.25) is 13.9 Å². The highest BCUT2D eigenvalue weighted by molar-refractivity contribution is 7.92. The fraction of sp³-hybridized carbons (Fsp3) is 0.310. The first-order valence-corrected chi connectivity index (χ1v) is 14.5. The van der Waals surface area contributed by atoms with Crippen molar-refractivity contribution < 1.29 is 18.0 Å². The van der Waals surface area contributed by atoms with Gasteiger partial charge in [-0.05, 0) is 49.1 Å². The fourth-order valence-electron chi connectivity index (χ4n) is 4.15. The van der Waals surface area contributed by atoms with Crippen LogP contribution >= 0.6 is 11.6 Å². The number of carbonyl (C=O) groups excluding carboxylic acids is 2. The molecule has 2 amide bonds. The number of para-hydroxylation sites is 1. The molecule has 0 spiro atoms. The monoisotopic (exact) mass is 555 g/mol. The van der Waals surface area contributed by atoms with Gasteiger partial charge in [0.2, 0.25) is 11.8 Å². The highest BCUT2D eigenvalue weighted by Crippen LogP contribution is 2.30. The molecule has 0 bridgehead atoms. The highest BCUT2D eigenvalue weighted by atomic mass is 35.5. The van der Waals surface area contributed by atoms with E-state index in [0.717, 1.165) is 16.3 Å². The van der Waals surface area contributed by atoms with Crippen LogP contribution in [0.3, 0.4) is 0 Å².